The molecule has 0 aliphatic carbocycles. The fraction of sp³-hybridized carbons (Fsp3) is 0.316. The summed E-state index contributed by atoms with van der Waals surface area (Å²) in [6, 6.07) is 13.9. The number of carbonyl (C=O) groups excluding carboxylic acids is 1. The fourth-order valence-electron chi connectivity index (χ4n) is 2.53. The predicted octanol–water partition coefficient (Wildman–Crippen LogP) is 3.17. The second kappa shape index (κ2) is 9.73. The lowest BCUT2D eigenvalue weighted by Crippen LogP contribution is -2.35. The van der Waals surface area contributed by atoms with E-state index in [4.69, 9.17) is 11.6 Å². The lowest BCUT2D eigenvalue weighted by atomic mass is 10.1. The molecule has 0 saturated carbocycles. The van der Waals surface area contributed by atoms with E-state index in [1.165, 1.54) is 0 Å². The summed E-state index contributed by atoms with van der Waals surface area (Å²) in [6.45, 7) is 4.07. The molecule has 3 N–H and O–H groups in total. The Morgan fingerprint density at radius 2 is 1.44 bits per heavy atom. The van der Waals surface area contributed by atoms with Crippen LogP contribution in [0.2, 0.25) is 5.02 Å². The van der Waals surface area contributed by atoms with Gasteiger partial charge in [-0.25, -0.2) is 17.9 Å². The number of nitrogens with one attached hydrogen (secondary N) is 3. The normalized spacial score (nSPS) is 11.4. The highest BCUT2D eigenvalue weighted by Crippen LogP contribution is 2.14. The summed E-state index contributed by atoms with van der Waals surface area (Å²) in [6.07, 6.45) is 0. The van der Waals surface area contributed by atoms with Crippen LogP contribution in [-0.4, -0.2) is 20.5 Å². The topological polar surface area (TPSA) is 87.3 Å². The zero-order chi connectivity index (χ0) is 19.9. The van der Waals surface area contributed by atoms with E-state index in [0.717, 1.165) is 11.1 Å². The van der Waals surface area contributed by atoms with Gasteiger partial charge in [-0.1, -0.05) is 54.1 Å². The smallest absolute Gasteiger partial charge is 0.315 e. The Hall–Kier alpha value is -2.09. The summed E-state index contributed by atoms with van der Waals surface area (Å²) in [4.78, 5) is 12.0. The highest BCUT2D eigenvalue weighted by Gasteiger charge is 2.15. The molecule has 146 valence electrons. The van der Waals surface area contributed by atoms with Crippen molar-refractivity contribution in [2.75, 3.05) is 0 Å². The highest BCUT2D eigenvalue weighted by atomic mass is 35.5. The first kappa shape index (κ1) is 21.2. The molecule has 27 heavy (non-hydrogen) atoms. The van der Waals surface area contributed by atoms with Gasteiger partial charge in [0, 0.05) is 24.2 Å². The maximum Gasteiger partial charge on any atom is 0.315 e. The van der Waals surface area contributed by atoms with E-state index >= 15 is 0 Å². The average molecular weight is 410 g/mol. The minimum atomic E-state index is -3.44. The van der Waals surface area contributed by atoms with Gasteiger partial charge in [-0.2, -0.15) is 0 Å². The maximum absolute atomic E-state index is 12.2. The largest absolute Gasteiger partial charge is 0.334 e. The molecule has 0 aliphatic rings. The van der Waals surface area contributed by atoms with Crippen molar-refractivity contribution >= 4 is 27.7 Å². The molecule has 6 nitrogen and oxygen atoms in total. The van der Waals surface area contributed by atoms with Crippen molar-refractivity contribution in [1.82, 2.24) is 15.4 Å². The Morgan fingerprint density at radius 3 is 2.04 bits per heavy atom. The van der Waals surface area contributed by atoms with Crippen LogP contribution in [0.1, 0.15) is 30.5 Å². The first-order valence-electron chi connectivity index (χ1n) is 8.59. The van der Waals surface area contributed by atoms with Gasteiger partial charge in [0.25, 0.3) is 0 Å². The molecule has 0 radical (unpaired) electrons. The second-order valence-corrected chi connectivity index (χ2v) is 8.59. The Labute approximate surface area is 165 Å². The van der Waals surface area contributed by atoms with Crippen molar-refractivity contribution in [2.24, 2.45) is 0 Å². The molecule has 0 saturated heterocycles. The van der Waals surface area contributed by atoms with Crippen LogP contribution in [0.5, 0.6) is 0 Å². The number of urea groups is 1. The van der Waals surface area contributed by atoms with Gasteiger partial charge in [-0.3, -0.25) is 0 Å². The second-order valence-electron chi connectivity index (χ2n) is 6.43. The molecule has 0 aromatic heterocycles. The lowest BCUT2D eigenvalue weighted by molar-refractivity contribution is 0.240. The van der Waals surface area contributed by atoms with Crippen molar-refractivity contribution in [1.29, 1.82) is 0 Å². The summed E-state index contributed by atoms with van der Waals surface area (Å²) < 4.78 is 26.9. The van der Waals surface area contributed by atoms with E-state index in [-0.39, 0.29) is 24.4 Å². The number of sulfonamides is 1. The van der Waals surface area contributed by atoms with Gasteiger partial charge in [-0.15, -0.1) is 0 Å². The molecule has 2 aromatic carbocycles. The first-order valence-corrected chi connectivity index (χ1v) is 10.6. The Bertz CT molecular complexity index is 885. The van der Waals surface area contributed by atoms with Crippen molar-refractivity contribution in [3.63, 3.8) is 0 Å². The molecule has 8 heteroatoms. The Kier molecular flexibility index (Phi) is 7.65. The molecule has 0 aliphatic heterocycles. The SMILES string of the molecule is CC(C)NS(=O)(=O)Cc1ccccc1CNC(=O)NCc1ccccc1Cl. The minimum absolute atomic E-state index is 0.135. The van der Waals surface area contributed by atoms with Crippen LogP contribution in [-0.2, 0) is 28.9 Å². The number of halogens is 1. The van der Waals surface area contributed by atoms with Gasteiger partial charge < -0.3 is 10.6 Å². The van der Waals surface area contributed by atoms with E-state index in [2.05, 4.69) is 15.4 Å². The Balaban J connectivity index is 1.94. The van der Waals surface area contributed by atoms with Crippen LogP contribution >= 0.6 is 11.6 Å². The van der Waals surface area contributed by atoms with Crippen LogP contribution in [0.15, 0.2) is 48.5 Å². The number of rotatable bonds is 8. The van der Waals surface area contributed by atoms with Crippen molar-refractivity contribution in [2.45, 2.75) is 38.7 Å². The molecule has 0 fully saturated rings. The fourth-order valence-corrected chi connectivity index (χ4v) is 4.23. The van der Waals surface area contributed by atoms with Crippen LogP contribution in [0, 0.1) is 0 Å². The number of hydrogen-bond donors (Lipinski definition) is 3. The van der Waals surface area contributed by atoms with Gasteiger partial charge >= 0.3 is 6.03 Å². The third kappa shape index (κ3) is 7.21. The minimum Gasteiger partial charge on any atom is -0.334 e. The van der Waals surface area contributed by atoms with E-state index in [1.807, 2.05) is 24.3 Å². The third-order valence-electron chi connectivity index (χ3n) is 3.72. The summed E-state index contributed by atoms with van der Waals surface area (Å²) in [7, 11) is -3.44. The van der Waals surface area contributed by atoms with Crippen LogP contribution in [0.25, 0.3) is 0 Å². The van der Waals surface area contributed by atoms with Crippen molar-refractivity contribution in [3.8, 4) is 0 Å². The summed E-state index contributed by atoms with van der Waals surface area (Å²) in [5.74, 6) is -0.135. The molecular formula is C19H24ClN3O3S. The van der Waals surface area contributed by atoms with E-state index in [0.29, 0.717) is 17.1 Å². The molecule has 0 atom stereocenters. The van der Waals surface area contributed by atoms with Gasteiger partial charge in [0.05, 0.1) is 5.75 Å². The van der Waals surface area contributed by atoms with E-state index < -0.39 is 10.0 Å². The molecule has 0 bridgehead atoms. The molecular weight excluding hydrogens is 386 g/mol. The molecule has 2 rings (SSSR count). The Morgan fingerprint density at radius 1 is 0.926 bits per heavy atom. The molecule has 0 heterocycles. The van der Waals surface area contributed by atoms with Crippen molar-refractivity contribution < 1.29 is 13.2 Å². The zero-order valence-corrected chi connectivity index (χ0v) is 16.9. The maximum atomic E-state index is 12.2. The standard InChI is InChI=1S/C19H24ClN3O3S/c1-14(2)23-27(25,26)13-17-9-4-3-7-15(17)11-21-19(24)22-12-16-8-5-6-10-18(16)20/h3-10,14,23H,11-13H2,1-2H3,(H2,21,22,24). The molecule has 0 spiro atoms. The number of amides is 2. The predicted molar refractivity (Wildman–Crippen MR) is 108 cm³/mol. The lowest BCUT2D eigenvalue weighted by Gasteiger charge is -2.14. The van der Waals surface area contributed by atoms with Gasteiger partial charge in [0.2, 0.25) is 10.0 Å². The molecule has 2 aromatic rings. The molecule has 0 unspecified atom stereocenters. The number of benzene rings is 2. The van der Waals surface area contributed by atoms with E-state index in [1.54, 1.807) is 38.1 Å². The number of carbonyl (C=O) groups is 1. The quantitative estimate of drug-likeness (QED) is 0.625. The summed E-state index contributed by atoms with van der Waals surface area (Å²) in [5.41, 5.74) is 2.22. The summed E-state index contributed by atoms with van der Waals surface area (Å²) >= 11 is 6.06. The number of hydrogen-bond acceptors (Lipinski definition) is 3. The monoisotopic (exact) mass is 409 g/mol. The zero-order valence-electron chi connectivity index (χ0n) is 15.3. The first-order chi connectivity index (χ1) is 12.8. The van der Waals surface area contributed by atoms with Gasteiger partial charge in [0.15, 0.2) is 0 Å². The van der Waals surface area contributed by atoms with Gasteiger partial charge in [-0.05, 0) is 36.6 Å². The molecule has 2 amide bonds. The highest BCUT2D eigenvalue weighted by molar-refractivity contribution is 7.88. The van der Waals surface area contributed by atoms with Crippen LogP contribution in [0.3, 0.4) is 0 Å². The van der Waals surface area contributed by atoms with Crippen LogP contribution in [0.4, 0.5) is 4.79 Å². The third-order valence-corrected chi connectivity index (χ3v) is 5.61. The van der Waals surface area contributed by atoms with E-state index in [9.17, 15) is 13.2 Å². The van der Waals surface area contributed by atoms with Crippen LogP contribution < -0.4 is 15.4 Å². The summed E-state index contributed by atoms with van der Waals surface area (Å²) in [5, 5.41) is 6.07. The van der Waals surface area contributed by atoms with Gasteiger partial charge in [0.1, 0.15) is 0 Å². The van der Waals surface area contributed by atoms with Crippen molar-refractivity contribution in [3.05, 3.63) is 70.2 Å². The average Bonchev–Trinajstić information content (AvgIpc) is 2.59.